The number of fused-ring (bicyclic) bond motifs is 1. The van der Waals surface area contributed by atoms with Crippen molar-refractivity contribution < 1.29 is 23.7 Å². The van der Waals surface area contributed by atoms with Gasteiger partial charge in [-0.3, -0.25) is 4.79 Å². The maximum absolute atomic E-state index is 13.7. The number of rotatable bonds is 10. The van der Waals surface area contributed by atoms with Gasteiger partial charge in [-0.25, -0.2) is 0 Å². The number of Topliss-reactive ketones (excluding diaryl/α,β-unsaturated/α-hetero) is 1. The number of ether oxygens (including phenoxy) is 4. The van der Waals surface area contributed by atoms with Crippen LogP contribution in [-0.4, -0.2) is 5.78 Å². The first-order valence-electron chi connectivity index (χ1n) is 14.5. The fraction of sp³-hybridized carbons (Fsp3) is 0.184. The van der Waals surface area contributed by atoms with E-state index in [9.17, 15) is 4.79 Å². The molecule has 0 bridgehead atoms. The summed E-state index contributed by atoms with van der Waals surface area (Å²) in [6, 6.07) is 37.6. The standard InChI is InChI=1S/C38H34O5/c1-26-18-31(19-34(27(26)2)41-24-29-14-8-4-9-15-29)35-22-33(39)38-36(42-25-30-16-10-5-11-17-30)20-32(21-37(38)43-35)40-23-28-12-6-3-7-13-28/h3-21,35H,22-25H2,1-2H3. The van der Waals surface area contributed by atoms with E-state index in [1.807, 2.05) is 104 Å². The highest BCUT2D eigenvalue weighted by Gasteiger charge is 2.32. The maximum Gasteiger partial charge on any atom is 0.174 e. The minimum Gasteiger partial charge on any atom is -0.489 e. The third-order valence-corrected chi connectivity index (χ3v) is 7.69. The lowest BCUT2D eigenvalue weighted by Crippen LogP contribution is -2.22. The zero-order chi connectivity index (χ0) is 29.6. The van der Waals surface area contributed by atoms with Crippen LogP contribution >= 0.6 is 0 Å². The average molecular weight is 571 g/mol. The van der Waals surface area contributed by atoms with E-state index in [2.05, 4.69) is 13.0 Å². The van der Waals surface area contributed by atoms with Crippen LogP contribution in [0.15, 0.2) is 115 Å². The van der Waals surface area contributed by atoms with Gasteiger partial charge in [0.1, 0.15) is 54.5 Å². The molecule has 1 unspecified atom stereocenters. The van der Waals surface area contributed by atoms with Crippen molar-refractivity contribution in [2.45, 2.75) is 46.2 Å². The van der Waals surface area contributed by atoms with Crippen LogP contribution in [0.5, 0.6) is 23.0 Å². The molecule has 5 aromatic rings. The van der Waals surface area contributed by atoms with Crippen molar-refractivity contribution >= 4 is 5.78 Å². The molecule has 0 saturated carbocycles. The van der Waals surface area contributed by atoms with E-state index >= 15 is 0 Å². The highest BCUT2D eigenvalue weighted by molar-refractivity contribution is 6.03. The zero-order valence-electron chi connectivity index (χ0n) is 24.4. The number of hydrogen-bond acceptors (Lipinski definition) is 5. The molecular formula is C38H34O5. The van der Waals surface area contributed by atoms with Gasteiger partial charge in [-0.05, 0) is 53.3 Å². The third-order valence-electron chi connectivity index (χ3n) is 7.69. The lowest BCUT2D eigenvalue weighted by atomic mass is 9.93. The molecule has 0 spiro atoms. The zero-order valence-corrected chi connectivity index (χ0v) is 24.4. The van der Waals surface area contributed by atoms with Gasteiger partial charge in [0.15, 0.2) is 5.78 Å². The van der Waals surface area contributed by atoms with Crippen molar-refractivity contribution in [2.24, 2.45) is 0 Å². The molecule has 5 heteroatoms. The van der Waals surface area contributed by atoms with Gasteiger partial charge in [0, 0.05) is 12.1 Å². The molecule has 0 aliphatic carbocycles. The van der Waals surface area contributed by atoms with E-state index in [0.717, 1.165) is 39.1 Å². The second-order valence-corrected chi connectivity index (χ2v) is 10.8. The lowest BCUT2D eigenvalue weighted by Gasteiger charge is -2.28. The van der Waals surface area contributed by atoms with Gasteiger partial charge in [0.05, 0.1) is 6.42 Å². The minimum absolute atomic E-state index is 0.0334. The van der Waals surface area contributed by atoms with Crippen LogP contribution in [0, 0.1) is 13.8 Å². The van der Waals surface area contributed by atoms with Crippen molar-refractivity contribution in [1.82, 2.24) is 0 Å². The normalized spacial score (nSPS) is 14.0. The first-order valence-corrected chi connectivity index (χ1v) is 14.5. The summed E-state index contributed by atoms with van der Waals surface area (Å²) in [5, 5.41) is 0. The van der Waals surface area contributed by atoms with Gasteiger partial charge in [-0.1, -0.05) is 97.1 Å². The summed E-state index contributed by atoms with van der Waals surface area (Å²) in [6.07, 6.45) is -0.274. The molecule has 5 nitrogen and oxygen atoms in total. The monoisotopic (exact) mass is 570 g/mol. The van der Waals surface area contributed by atoms with Crippen molar-refractivity contribution in [3.05, 3.63) is 154 Å². The molecule has 0 radical (unpaired) electrons. The summed E-state index contributed by atoms with van der Waals surface area (Å²) in [7, 11) is 0. The highest BCUT2D eigenvalue weighted by Crippen LogP contribution is 2.44. The number of hydrogen-bond donors (Lipinski definition) is 0. The van der Waals surface area contributed by atoms with E-state index in [1.54, 1.807) is 12.1 Å². The summed E-state index contributed by atoms with van der Waals surface area (Å²) < 4.78 is 25.2. The summed E-state index contributed by atoms with van der Waals surface area (Å²) in [5.41, 5.74) is 6.63. The molecule has 0 N–H and O–H groups in total. The Hall–Kier alpha value is -5.03. The largest absolute Gasteiger partial charge is 0.489 e. The fourth-order valence-electron chi connectivity index (χ4n) is 5.18. The van der Waals surface area contributed by atoms with Gasteiger partial charge < -0.3 is 18.9 Å². The molecular weight excluding hydrogens is 536 g/mol. The Bertz CT molecular complexity index is 1700. The summed E-state index contributed by atoms with van der Waals surface area (Å²) >= 11 is 0. The van der Waals surface area contributed by atoms with Crippen LogP contribution in [0.25, 0.3) is 0 Å². The number of carbonyl (C=O) groups is 1. The molecule has 1 aliphatic rings. The van der Waals surface area contributed by atoms with Gasteiger partial charge in [0.2, 0.25) is 0 Å². The first-order chi connectivity index (χ1) is 21.0. The molecule has 0 fully saturated rings. The van der Waals surface area contributed by atoms with E-state index in [4.69, 9.17) is 18.9 Å². The number of benzene rings is 5. The minimum atomic E-state index is -0.468. The van der Waals surface area contributed by atoms with Crippen LogP contribution < -0.4 is 18.9 Å². The Kier molecular flexibility index (Phi) is 8.41. The molecule has 0 saturated heterocycles. The van der Waals surface area contributed by atoms with E-state index in [0.29, 0.717) is 42.6 Å². The third kappa shape index (κ3) is 6.73. The number of aryl methyl sites for hydroxylation is 1. The van der Waals surface area contributed by atoms with E-state index < -0.39 is 6.10 Å². The Labute approximate surface area is 252 Å². The van der Waals surface area contributed by atoms with Crippen LogP contribution in [0.3, 0.4) is 0 Å². The Balaban J connectivity index is 1.29. The van der Waals surface area contributed by atoms with Gasteiger partial charge >= 0.3 is 0 Å². The molecule has 1 heterocycles. The van der Waals surface area contributed by atoms with Crippen LogP contribution in [0.4, 0.5) is 0 Å². The fourth-order valence-corrected chi connectivity index (χ4v) is 5.18. The van der Waals surface area contributed by atoms with Crippen molar-refractivity contribution in [2.75, 3.05) is 0 Å². The maximum atomic E-state index is 13.7. The second-order valence-electron chi connectivity index (χ2n) is 10.8. The SMILES string of the molecule is Cc1cc(C2CC(=O)c3c(OCc4ccccc4)cc(OCc4ccccc4)cc3O2)cc(OCc2ccccc2)c1C. The average Bonchev–Trinajstić information content (AvgIpc) is 3.04. The Morgan fingerprint density at radius 1 is 0.651 bits per heavy atom. The molecule has 0 aromatic heterocycles. The van der Waals surface area contributed by atoms with Crippen molar-refractivity contribution in [3.63, 3.8) is 0 Å². The molecule has 0 amide bonds. The highest BCUT2D eigenvalue weighted by atomic mass is 16.5. The van der Waals surface area contributed by atoms with Gasteiger partial charge in [-0.2, -0.15) is 0 Å². The quantitative estimate of drug-likeness (QED) is 0.168. The second kappa shape index (κ2) is 12.9. The predicted molar refractivity (Wildman–Crippen MR) is 167 cm³/mol. The van der Waals surface area contributed by atoms with Gasteiger partial charge in [0.25, 0.3) is 0 Å². The smallest absolute Gasteiger partial charge is 0.174 e. The first kappa shape index (κ1) is 28.1. The summed E-state index contributed by atoms with van der Waals surface area (Å²) in [6.45, 7) is 5.27. The number of ketones is 1. The van der Waals surface area contributed by atoms with E-state index in [1.165, 1.54) is 0 Å². The van der Waals surface area contributed by atoms with E-state index in [-0.39, 0.29) is 12.2 Å². The molecule has 216 valence electrons. The van der Waals surface area contributed by atoms with Crippen LogP contribution in [0.1, 0.15) is 56.3 Å². The Morgan fingerprint density at radius 3 is 1.77 bits per heavy atom. The lowest BCUT2D eigenvalue weighted by molar-refractivity contribution is 0.0840. The molecule has 6 rings (SSSR count). The molecule has 43 heavy (non-hydrogen) atoms. The van der Waals surface area contributed by atoms with Crippen molar-refractivity contribution in [1.29, 1.82) is 0 Å². The van der Waals surface area contributed by atoms with Crippen LogP contribution in [-0.2, 0) is 19.8 Å². The predicted octanol–water partition coefficient (Wildman–Crippen LogP) is 8.75. The van der Waals surface area contributed by atoms with Crippen molar-refractivity contribution in [3.8, 4) is 23.0 Å². The van der Waals surface area contributed by atoms with Crippen LogP contribution in [0.2, 0.25) is 0 Å². The Morgan fingerprint density at radius 2 is 1.19 bits per heavy atom. The molecule has 1 aliphatic heterocycles. The molecule has 1 atom stereocenters. The van der Waals surface area contributed by atoms with Gasteiger partial charge in [-0.15, -0.1) is 0 Å². The number of carbonyl (C=O) groups excluding carboxylic acids is 1. The topological polar surface area (TPSA) is 54.0 Å². The summed E-state index contributed by atoms with van der Waals surface area (Å²) in [4.78, 5) is 13.7. The molecule has 5 aromatic carbocycles. The summed E-state index contributed by atoms with van der Waals surface area (Å²) in [5.74, 6) is 2.24.